The lowest BCUT2D eigenvalue weighted by Crippen LogP contribution is -2.20. The Labute approximate surface area is 139 Å². The second-order valence-corrected chi connectivity index (χ2v) is 6.11. The van der Waals surface area contributed by atoms with E-state index < -0.39 is 0 Å². The van der Waals surface area contributed by atoms with Crippen molar-refractivity contribution in [2.45, 2.75) is 12.3 Å². The van der Waals surface area contributed by atoms with Crippen LogP contribution in [0.25, 0.3) is 10.8 Å². The van der Waals surface area contributed by atoms with Crippen molar-refractivity contribution < 1.29 is 4.92 Å². The van der Waals surface area contributed by atoms with Crippen molar-refractivity contribution in [3.05, 3.63) is 76.5 Å². The number of nitrogens with zero attached hydrogens (tertiary/aromatic N) is 3. The van der Waals surface area contributed by atoms with Gasteiger partial charge >= 0.3 is 0 Å². The van der Waals surface area contributed by atoms with Gasteiger partial charge in [0.2, 0.25) is 0 Å². The Bertz CT molecular complexity index is 896. The van der Waals surface area contributed by atoms with Crippen LogP contribution in [-0.2, 0) is 0 Å². The fourth-order valence-corrected chi connectivity index (χ4v) is 3.51. The zero-order chi connectivity index (χ0) is 16.5. The number of benzene rings is 2. The van der Waals surface area contributed by atoms with E-state index >= 15 is 0 Å². The largest absolute Gasteiger partial charge is 0.355 e. The van der Waals surface area contributed by atoms with Crippen LogP contribution in [0.3, 0.4) is 0 Å². The molecule has 1 aliphatic heterocycles. The molecule has 0 amide bonds. The first-order chi connectivity index (χ1) is 11.7. The van der Waals surface area contributed by atoms with Gasteiger partial charge in [-0.05, 0) is 18.1 Å². The molecular weight excluding hydrogens is 302 g/mol. The molecule has 2 aromatic carbocycles. The normalized spacial score (nSPS) is 17.3. The first-order valence-corrected chi connectivity index (χ1v) is 8.06. The molecule has 0 N–H and O–H groups in total. The molecule has 24 heavy (non-hydrogen) atoms. The maximum absolute atomic E-state index is 11.2. The molecule has 1 aliphatic rings. The van der Waals surface area contributed by atoms with E-state index in [1.54, 1.807) is 6.07 Å². The third-order valence-electron chi connectivity index (χ3n) is 4.71. The first-order valence-electron chi connectivity index (χ1n) is 8.06. The summed E-state index contributed by atoms with van der Waals surface area (Å²) < 4.78 is 0. The molecule has 1 atom stereocenters. The monoisotopic (exact) mass is 319 g/mol. The maximum atomic E-state index is 11.2. The molecule has 0 saturated carbocycles. The van der Waals surface area contributed by atoms with Gasteiger partial charge in [-0.3, -0.25) is 10.1 Å². The highest BCUT2D eigenvalue weighted by Crippen LogP contribution is 2.35. The van der Waals surface area contributed by atoms with E-state index in [0.29, 0.717) is 11.3 Å². The second kappa shape index (κ2) is 5.92. The highest BCUT2D eigenvalue weighted by Gasteiger charge is 2.27. The number of hydrogen-bond acceptors (Lipinski definition) is 4. The Morgan fingerprint density at radius 1 is 1.04 bits per heavy atom. The van der Waals surface area contributed by atoms with Crippen LogP contribution < -0.4 is 4.90 Å². The van der Waals surface area contributed by atoms with E-state index in [1.807, 2.05) is 24.3 Å². The lowest BCUT2D eigenvalue weighted by Gasteiger charge is -2.19. The number of hydrogen-bond donors (Lipinski definition) is 0. The number of nitro groups is 1. The maximum Gasteiger partial charge on any atom is 0.295 e. The summed E-state index contributed by atoms with van der Waals surface area (Å²) in [6.45, 7) is 1.80. The Kier molecular flexibility index (Phi) is 3.61. The van der Waals surface area contributed by atoms with E-state index in [2.05, 4.69) is 34.1 Å². The Balaban J connectivity index is 1.71. The molecule has 0 spiro atoms. The molecular formula is C19H17N3O2. The van der Waals surface area contributed by atoms with E-state index in [0.717, 1.165) is 30.7 Å². The van der Waals surface area contributed by atoms with Gasteiger partial charge in [-0.25, -0.2) is 4.98 Å². The minimum absolute atomic E-state index is 0.0631. The number of anilines is 1. The van der Waals surface area contributed by atoms with Crippen LogP contribution in [0.5, 0.6) is 0 Å². The van der Waals surface area contributed by atoms with Gasteiger partial charge in [0, 0.05) is 24.4 Å². The fraction of sp³-hybridized carbons (Fsp3) is 0.211. The zero-order valence-corrected chi connectivity index (χ0v) is 13.1. The Hall–Kier alpha value is -2.95. The average Bonchev–Trinajstić information content (AvgIpc) is 3.11. The van der Waals surface area contributed by atoms with E-state index in [1.165, 1.54) is 11.8 Å². The van der Waals surface area contributed by atoms with Crippen molar-refractivity contribution in [2.24, 2.45) is 0 Å². The van der Waals surface area contributed by atoms with Gasteiger partial charge in [-0.2, -0.15) is 0 Å². The molecule has 120 valence electrons. The number of rotatable bonds is 3. The van der Waals surface area contributed by atoms with E-state index in [9.17, 15) is 10.1 Å². The van der Waals surface area contributed by atoms with Gasteiger partial charge in [0.05, 0.1) is 10.3 Å². The third kappa shape index (κ3) is 2.48. The molecule has 1 fully saturated rings. The average molecular weight is 319 g/mol. The summed E-state index contributed by atoms with van der Waals surface area (Å²) >= 11 is 0. The number of aromatic nitrogens is 1. The smallest absolute Gasteiger partial charge is 0.295 e. The van der Waals surface area contributed by atoms with Crippen molar-refractivity contribution in [1.29, 1.82) is 0 Å². The van der Waals surface area contributed by atoms with Crippen LogP contribution in [0, 0.1) is 10.1 Å². The van der Waals surface area contributed by atoms with Crippen LogP contribution in [-0.4, -0.2) is 23.0 Å². The third-order valence-corrected chi connectivity index (χ3v) is 4.71. The molecule has 1 saturated heterocycles. The standard InChI is InChI=1S/C19H17N3O2/c23-22(24)18-12-20-19(17-9-5-4-8-16(17)18)21-11-10-15(13-21)14-6-2-1-3-7-14/h1-9,12,15H,10-11,13H2/t15-/m1/s1. The van der Waals surface area contributed by atoms with Crippen LogP contribution in [0.2, 0.25) is 0 Å². The number of fused-ring (bicyclic) bond motifs is 1. The molecule has 0 radical (unpaired) electrons. The molecule has 1 aromatic heterocycles. The molecule has 3 aromatic rings. The predicted molar refractivity (Wildman–Crippen MR) is 94.4 cm³/mol. The van der Waals surface area contributed by atoms with Gasteiger partial charge in [-0.15, -0.1) is 0 Å². The Morgan fingerprint density at radius 3 is 2.50 bits per heavy atom. The molecule has 5 nitrogen and oxygen atoms in total. The summed E-state index contributed by atoms with van der Waals surface area (Å²) in [6, 6.07) is 17.9. The van der Waals surface area contributed by atoms with Crippen LogP contribution >= 0.6 is 0 Å². The van der Waals surface area contributed by atoms with E-state index in [4.69, 9.17) is 0 Å². The number of pyridine rings is 1. The Morgan fingerprint density at radius 2 is 1.75 bits per heavy atom. The van der Waals surface area contributed by atoms with Gasteiger partial charge in [0.1, 0.15) is 12.0 Å². The van der Waals surface area contributed by atoms with Crippen molar-refractivity contribution >= 4 is 22.3 Å². The summed E-state index contributed by atoms with van der Waals surface area (Å²) in [5, 5.41) is 12.7. The van der Waals surface area contributed by atoms with Crippen molar-refractivity contribution in [1.82, 2.24) is 4.98 Å². The van der Waals surface area contributed by atoms with Crippen LogP contribution in [0.15, 0.2) is 60.8 Å². The summed E-state index contributed by atoms with van der Waals surface area (Å²) in [4.78, 5) is 17.5. The molecule has 5 heteroatoms. The summed E-state index contributed by atoms with van der Waals surface area (Å²) in [6.07, 6.45) is 2.45. The van der Waals surface area contributed by atoms with E-state index in [-0.39, 0.29) is 10.6 Å². The predicted octanol–water partition coefficient (Wildman–Crippen LogP) is 4.14. The van der Waals surface area contributed by atoms with Gasteiger partial charge in [0.15, 0.2) is 0 Å². The molecule has 2 heterocycles. The van der Waals surface area contributed by atoms with Crippen molar-refractivity contribution in [2.75, 3.05) is 18.0 Å². The first kappa shape index (κ1) is 14.6. The van der Waals surface area contributed by atoms with Crippen LogP contribution in [0.4, 0.5) is 11.5 Å². The summed E-state index contributed by atoms with van der Waals surface area (Å²) in [7, 11) is 0. The van der Waals surface area contributed by atoms with Gasteiger partial charge < -0.3 is 4.90 Å². The second-order valence-electron chi connectivity index (χ2n) is 6.11. The highest BCUT2D eigenvalue weighted by molar-refractivity contribution is 5.98. The lowest BCUT2D eigenvalue weighted by atomic mass is 9.99. The molecule has 4 rings (SSSR count). The quantitative estimate of drug-likeness (QED) is 0.538. The van der Waals surface area contributed by atoms with Crippen molar-refractivity contribution in [3.63, 3.8) is 0 Å². The zero-order valence-electron chi connectivity index (χ0n) is 13.1. The molecule has 0 unspecified atom stereocenters. The minimum Gasteiger partial charge on any atom is -0.355 e. The summed E-state index contributed by atoms with van der Waals surface area (Å²) in [5.41, 5.74) is 1.40. The van der Waals surface area contributed by atoms with Crippen LogP contribution in [0.1, 0.15) is 17.9 Å². The van der Waals surface area contributed by atoms with Gasteiger partial charge in [0.25, 0.3) is 5.69 Å². The topological polar surface area (TPSA) is 59.3 Å². The molecule has 0 aliphatic carbocycles. The summed E-state index contributed by atoms with van der Waals surface area (Å²) in [5.74, 6) is 1.32. The van der Waals surface area contributed by atoms with Gasteiger partial charge in [-0.1, -0.05) is 48.5 Å². The fourth-order valence-electron chi connectivity index (χ4n) is 3.51. The minimum atomic E-state index is -0.365. The molecule has 0 bridgehead atoms. The SMILES string of the molecule is O=[N+]([O-])c1cnc(N2CC[C@@H](c3ccccc3)C2)c2ccccc12. The highest BCUT2D eigenvalue weighted by atomic mass is 16.6. The van der Waals surface area contributed by atoms with Crippen molar-refractivity contribution in [3.8, 4) is 0 Å². The lowest BCUT2D eigenvalue weighted by molar-refractivity contribution is -0.383.